The SMILES string of the molecule is O=C(NCc1ccc(Cl)cc1)c1ccc(C[S@@](=O)c2ccc(Cl)cc2)o1. The average molecular weight is 408 g/mol. The van der Waals surface area contributed by atoms with E-state index in [0.29, 0.717) is 27.2 Å². The lowest BCUT2D eigenvalue weighted by Crippen LogP contribution is -2.22. The molecule has 0 unspecified atom stereocenters. The van der Waals surface area contributed by atoms with Gasteiger partial charge in [-0.25, -0.2) is 0 Å². The zero-order valence-electron chi connectivity index (χ0n) is 13.6. The largest absolute Gasteiger partial charge is 0.455 e. The second kappa shape index (κ2) is 8.54. The summed E-state index contributed by atoms with van der Waals surface area (Å²) in [4.78, 5) is 12.8. The van der Waals surface area contributed by atoms with E-state index in [0.717, 1.165) is 5.56 Å². The highest BCUT2D eigenvalue weighted by Crippen LogP contribution is 2.17. The Balaban J connectivity index is 1.58. The topological polar surface area (TPSA) is 59.3 Å². The van der Waals surface area contributed by atoms with Crippen LogP contribution in [0.1, 0.15) is 21.9 Å². The van der Waals surface area contributed by atoms with E-state index in [1.165, 1.54) is 0 Å². The van der Waals surface area contributed by atoms with Crippen LogP contribution in [0.3, 0.4) is 0 Å². The van der Waals surface area contributed by atoms with Crippen LogP contribution in [0.2, 0.25) is 10.0 Å². The van der Waals surface area contributed by atoms with Gasteiger partial charge in [0.1, 0.15) is 5.76 Å². The summed E-state index contributed by atoms with van der Waals surface area (Å²) in [5, 5.41) is 4.00. The van der Waals surface area contributed by atoms with Gasteiger partial charge in [-0.2, -0.15) is 0 Å². The first-order valence-corrected chi connectivity index (χ1v) is 9.84. The molecule has 0 fully saturated rings. The van der Waals surface area contributed by atoms with Gasteiger partial charge in [-0.3, -0.25) is 9.00 Å². The highest BCUT2D eigenvalue weighted by atomic mass is 35.5. The number of halogens is 2. The summed E-state index contributed by atoms with van der Waals surface area (Å²) < 4.78 is 17.9. The molecule has 0 aliphatic heterocycles. The Morgan fingerprint density at radius 2 is 1.54 bits per heavy atom. The molecule has 4 nitrogen and oxygen atoms in total. The van der Waals surface area contributed by atoms with Gasteiger partial charge < -0.3 is 9.73 Å². The first kappa shape index (κ1) is 18.7. The number of benzene rings is 2. The fourth-order valence-corrected chi connectivity index (χ4v) is 3.52. The van der Waals surface area contributed by atoms with Crippen molar-refractivity contribution in [1.82, 2.24) is 5.32 Å². The standard InChI is InChI=1S/C19H15Cl2NO3S/c20-14-3-1-13(2-4-14)11-22-19(23)18-10-7-16(25-18)12-26(24)17-8-5-15(21)6-9-17/h1-10H,11-12H2,(H,22,23)/t26-/m1/s1. The highest BCUT2D eigenvalue weighted by molar-refractivity contribution is 7.84. The van der Waals surface area contributed by atoms with Gasteiger partial charge in [0.15, 0.2) is 5.76 Å². The number of amides is 1. The van der Waals surface area contributed by atoms with Crippen molar-refractivity contribution in [2.75, 3.05) is 0 Å². The van der Waals surface area contributed by atoms with Crippen LogP contribution in [0.25, 0.3) is 0 Å². The predicted molar refractivity (Wildman–Crippen MR) is 103 cm³/mol. The molecule has 1 heterocycles. The number of hydrogen-bond donors (Lipinski definition) is 1. The van der Waals surface area contributed by atoms with Crippen molar-refractivity contribution in [3.8, 4) is 0 Å². The van der Waals surface area contributed by atoms with Crippen molar-refractivity contribution < 1.29 is 13.4 Å². The maximum absolute atomic E-state index is 12.3. The fraction of sp³-hybridized carbons (Fsp3) is 0.105. The number of carbonyl (C=O) groups is 1. The Morgan fingerprint density at radius 3 is 2.19 bits per heavy atom. The molecule has 7 heteroatoms. The van der Waals surface area contributed by atoms with Gasteiger partial charge in [-0.1, -0.05) is 35.3 Å². The maximum Gasteiger partial charge on any atom is 0.287 e. The lowest BCUT2D eigenvalue weighted by molar-refractivity contribution is 0.0921. The summed E-state index contributed by atoms with van der Waals surface area (Å²) in [5.41, 5.74) is 0.929. The van der Waals surface area contributed by atoms with Crippen molar-refractivity contribution in [3.63, 3.8) is 0 Å². The second-order valence-corrected chi connectivity index (χ2v) is 7.84. The normalized spacial score (nSPS) is 11.9. The molecule has 0 bridgehead atoms. The monoisotopic (exact) mass is 407 g/mol. The van der Waals surface area contributed by atoms with Gasteiger partial charge in [0.25, 0.3) is 5.91 Å². The molecule has 0 aliphatic carbocycles. The molecule has 0 spiro atoms. The minimum Gasteiger partial charge on any atom is -0.455 e. The molecule has 0 radical (unpaired) electrons. The van der Waals surface area contributed by atoms with Gasteiger partial charge in [0.2, 0.25) is 0 Å². The van der Waals surface area contributed by atoms with E-state index in [2.05, 4.69) is 5.32 Å². The van der Waals surface area contributed by atoms with Crippen LogP contribution in [-0.2, 0) is 23.1 Å². The van der Waals surface area contributed by atoms with E-state index < -0.39 is 10.8 Å². The Morgan fingerprint density at radius 1 is 0.923 bits per heavy atom. The van der Waals surface area contributed by atoms with E-state index in [9.17, 15) is 9.00 Å². The summed E-state index contributed by atoms with van der Waals surface area (Å²) in [6, 6.07) is 17.2. The minimum absolute atomic E-state index is 0.182. The van der Waals surface area contributed by atoms with E-state index in [1.54, 1.807) is 48.5 Å². The van der Waals surface area contributed by atoms with Crippen molar-refractivity contribution >= 4 is 39.9 Å². The number of nitrogens with one attached hydrogen (secondary N) is 1. The first-order chi connectivity index (χ1) is 12.5. The maximum atomic E-state index is 12.3. The van der Waals surface area contributed by atoms with Gasteiger partial charge >= 0.3 is 0 Å². The zero-order chi connectivity index (χ0) is 18.5. The molecule has 0 saturated heterocycles. The molecule has 1 atom stereocenters. The molecule has 2 aromatic carbocycles. The molecule has 1 aromatic heterocycles. The Labute approximate surface area is 163 Å². The number of furan rings is 1. The summed E-state index contributed by atoms with van der Waals surface area (Å²) >= 11 is 11.7. The third-order valence-corrected chi connectivity index (χ3v) is 5.45. The van der Waals surface area contributed by atoms with Gasteiger partial charge in [-0.05, 0) is 54.1 Å². The summed E-state index contributed by atoms with van der Waals surface area (Å²) in [6.07, 6.45) is 0. The van der Waals surface area contributed by atoms with Crippen LogP contribution in [0, 0.1) is 0 Å². The van der Waals surface area contributed by atoms with E-state index >= 15 is 0 Å². The smallest absolute Gasteiger partial charge is 0.287 e. The molecule has 3 aromatic rings. The highest BCUT2D eigenvalue weighted by Gasteiger charge is 2.13. The second-order valence-electron chi connectivity index (χ2n) is 5.52. The number of carbonyl (C=O) groups excluding carboxylic acids is 1. The van der Waals surface area contributed by atoms with E-state index in [4.69, 9.17) is 27.6 Å². The Kier molecular flexibility index (Phi) is 6.14. The molecular weight excluding hydrogens is 393 g/mol. The minimum atomic E-state index is -1.27. The average Bonchev–Trinajstić information content (AvgIpc) is 3.10. The third kappa shape index (κ3) is 4.97. The number of hydrogen-bond acceptors (Lipinski definition) is 3. The quantitative estimate of drug-likeness (QED) is 0.636. The van der Waals surface area contributed by atoms with E-state index in [1.807, 2.05) is 12.1 Å². The Hall–Kier alpha value is -2.08. The predicted octanol–water partition coefficient (Wildman–Crippen LogP) is 4.82. The summed E-state index contributed by atoms with van der Waals surface area (Å²) in [5.74, 6) is 0.520. The summed E-state index contributed by atoms with van der Waals surface area (Å²) in [6.45, 7) is 0.364. The van der Waals surface area contributed by atoms with Crippen LogP contribution < -0.4 is 5.32 Å². The van der Waals surface area contributed by atoms with Gasteiger partial charge in [0.05, 0.1) is 16.6 Å². The van der Waals surface area contributed by atoms with Crippen LogP contribution in [0.4, 0.5) is 0 Å². The lowest BCUT2D eigenvalue weighted by atomic mass is 10.2. The molecule has 3 rings (SSSR count). The van der Waals surface area contributed by atoms with Crippen LogP contribution >= 0.6 is 23.2 Å². The molecule has 0 saturated carbocycles. The molecule has 1 amide bonds. The van der Waals surface area contributed by atoms with Crippen molar-refractivity contribution in [3.05, 3.63) is 87.8 Å². The van der Waals surface area contributed by atoms with Crippen LogP contribution in [-0.4, -0.2) is 10.1 Å². The molecule has 26 heavy (non-hydrogen) atoms. The molecular formula is C19H15Cl2NO3S. The van der Waals surface area contributed by atoms with Crippen molar-refractivity contribution in [2.24, 2.45) is 0 Å². The number of rotatable bonds is 6. The molecule has 134 valence electrons. The Bertz CT molecular complexity index is 921. The van der Waals surface area contributed by atoms with Gasteiger partial charge in [-0.15, -0.1) is 0 Å². The van der Waals surface area contributed by atoms with Gasteiger partial charge in [0, 0.05) is 21.5 Å². The summed E-state index contributed by atoms with van der Waals surface area (Å²) in [7, 11) is -1.27. The van der Waals surface area contributed by atoms with Crippen molar-refractivity contribution in [1.29, 1.82) is 0 Å². The van der Waals surface area contributed by atoms with Crippen LogP contribution in [0.15, 0.2) is 70.0 Å². The molecule has 0 aliphatic rings. The zero-order valence-corrected chi connectivity index (χ0v) is 15.9. The van der Waals surface area contributed by atoms with Crippen molar-refractivity contribution in [2.45, 2.75) is 17.2 Å². The van der Waals surface area contributed by atoms with Crippen LogP contribution in [0.5, 0.6) is 0 Å². The third-order valence-electron chi connectivity index (χ3n) is 3.60. The first-order valence-electron chi connectivity index (χ1n) is 7.76. The van der Waals surface area contributed by atoms with E-state index in [-0.39, 0.29) is 17.4 Å². The fourth-order valence-electron chi connectivity index (χ4n) is 2.25. The molecule has 1 N–H and O–H groups in total. The lowest BCUT2D eigenvalue weighted by Gasteiger charge is -2.04.